The van der Waals surface area contributed by atoms with Crippen LogP contribution >= 0.6 is 0 Å². The van der Waals surface area contributed by atoms with Crippen LogP contribution in [0.2, 0.25) is 0 Å². The van der Waals surface area contributed by atoms with Crippen molar-refractivity contribution in [3.63, 3.8) is 0 Å². The average Bonchev–Trinajstić information content (AvgIpc) is 2.61. The Morgan fingerprint density at radius 2 is 1.93 bits per heavy atom. The molecule has 0 aromatic heterocycles. The molecule has 3 rings (SSSR count). The number of sulfonamides is 1. The van der Waals surface area contributed by atoms with Gasteiger partial charge in [-0.25, -0.2) is 8.42 Å². The molecule has 1 N–H and O–H groups in total. The van der Waals surface area contributed by atoms with Gasteiger partial charge in [-0.2, -0.15) is 0 Å². The van der Waals surface area contributed by atoms with E-state index in [0.29, 0.717) is 22.7 Å². The van der Waals surface area contributed by atoms with Crippen molar-refractivity contribution in [2.75, 3.05) is 17.8 Å². The number of nitrogens with zero attached hydrogens (tertiary/aromatic N) is 1. The maximum atomic E-state index is 12.9. The molecular formula is C21H26N2O3S. The topological polar surface area (TPSA) is 66.5 Å². The second kappa shape index (κ2) is 7.72. The van der Waals surface area contributed by atoms with E-state index in [2.05, 4.69) is 11.6 Å². The van der Waals surface area contributed by atoms with Crippen LogP contribution in [-0.4, -0.2) is 32.3 Å². The van der Waals surface area contributed by atoms with Gasteiger partial charge in [0.25, 0.3) is 15.9 Å². The molecule has 1 aliphatic rings. The maximum absolute atomic E-state index is 12.9. The Labute approximate surface area is 161 Å². The van der Waals surface area contributed by atoms with E-state index < -0.39 is 10.0 Å². The Morgan fingerprint density at radius 3 is 2.63 bits per heavy atom. The van der Waals surface area contributed by atoms with Crippen LogP contribution < -0.4 is 4.72 Å². The number of carbonyl (C=O) groups is 1. The van der Waals surface area contributed by atoms with E-state index in [1.165, 1.54) is 6.07 Å². The SMILES string of the molecule is Cc1cccc(NS(=O)(=O)c2cc(C(=O)N3CCCC(C)C3)ccc2C)c1. The first kappa shape index (κ1) is 19.4. The van der Waals surface area contributed by atoms with Crippen molar-refractivity contribution in [1.82, 2.24) is 4.90 Å². The third kappa shape index (κ3) is 4.50. The normalized spacial score (nSPS) is 17.6. The highest BCUT2D eigenvalue weighted by Crippen LogP contribution is 2.23. The Bertz CT molecular complexity index is 954. The molecule has 1 aliphatic heterocycles. The quantitative estimate of drug-likeness (QED) is 0.864. The molecule has 5 nitrogen and oxygen atoms in total. The highest BCUT2D eigenvalue weighted by molar-refractivity contribution is 7.92. The van der Waals surface area contributed by atoms with Gasteiger partial charge in [0.2, 0.25) is 0 Å². The third-order valence-corrected chi connectivity index (χ3v) is 6.46. The fourth-order valence-electron chi connectivity index (χ4n) is 3.50. The molecule has 1 heterocycles. The lowest BCUT2D eigenvalue weighted by Crippen LogP contribution is -2.39. The number of hydrogen-bond donors (Lipinski definition) is 1. The molecule has 1 saturated heterocycles. The molecule has 0 radical (unpaired) electrons. The number of aryl methyl sites for hydroxylation is 2. The first-order chi connectivity index (χ1) is 12.8. The summed E-state index contributed by atoms with van der Waals surface area (Å²) in [5.41, 5.74) is 2.50. The lowest BCUT2D eigenvalue weighted by atomic mass is 9.99. The van der Waals surface area contributed by atoms with E-state index in [4.69, 9.17) is 0 Å². The zero-order valence-corrected chi connectivity index (χ0v) is 16.8. The summed E-state index contributed by atoms with van der Waals surface area (Å²) in [5, 5.41) is 0. The molecule has 1 fully saturated rings. The van der Waals surface area contributed by atoms with Gasteiger partial charge in [0.1, 0.15) is 0 Å². The number of anilines is 1. The van der Waals surface area contributed by atoms with Gasteiger partial charge in [-0.05, 0) is 68.0 Å². The van der Waals surface area contributed by atoms with Crippen molar-refractivity contribution >= 4 is 21.6 Å². The predicted molar refractivity (Wildman–Crippen MR) is 107 cm³/mol. The zero-order valence-electron chi connectivity index (χ0n) is 16.0. The van der Waals surface area contributed by atoms with Crippen molar-refractivity contribution in [1.29, 1.82) is 0 Å². The predicted octanol–water partition coefficient (Wildman–Crippen LogP) is 3.98. The summed E-state index contributed by atoms with van der Waals surface area (Å²) in [6, 6.07) is 12.1. The highest BCUT2D eigenvalue weighted by Gasteiger charge is 2.24. The van der Waals surface area contributed by atoms with Crippen LogP contribution in [0.5, 0.6) is 0 Å². The minimum Gasteiger partial charge on any atom is -0.338 e. The van der Waals surface area contributed by atoms with E-state index in [1.807, 2.05) is 17.9 Å². The molecule has 2 aromatic carbocycles. The first-order valence-corrected chi connectivity index (χ1v) is 10.7. The number of hydrogen-bond acceptors (Lipinski definition) is 3. The fraction of sp³-hybridized carbons (Fsp3) is 0.381. The van der Waals surface area contributed by atoms with Crippen molar-refractivity contribution in [2.45, 2.75) is 38.5 Å². The summed E-state index contributed by atoms with van der Waals surface area (Å²) in [6.45, 7) is 7.22. The number of amides is 1. The second-order valence-electron chi connectivity index (χ2n) is 7.45. The molecule has 0 saturated carbocycles. The van der Waals surface area contributed by atoms with Gasteiger partial charge in [-0.15, -0.1) is 0 Å². The molecule has 0 aliphatic carbocycles. The maximum Gasteiger partial charge on any atom is 0.262 e. The lowest BCUT2D eigenvalue weighted by Gasteiger charge is -2.31. The van der Waals surface area contributed by atoms with E-state index in [0.717, 1.165) is 31.5 Å². The van der Waals surface area contributed by atoms with Crippen molar-refractivity contribution < 1.29 is 13.2 Å². The second-order valence-corrected chi connectivity index (χ2v) is 9.10. The van der Waals surface area contributed by atoms with Gasteiger partial charge >= 0.3 is 0 Å². The minimum absolute atomic E-state index is 0.103. The number of likely N-dealkylation sites (tertiary alicyclic amines) is 1. The average molecular weight is 387 g/mol. The zero-order chi connectivity index (χ0) is 19.6. The van der Waals surface area contributed by atoms with E-state index in [-0.39, 0.29) is 10.8 Å². The smallest absolute Gasteiger partial charge is 0.262 e. The number of rotatable bonds is 4. The molecule has 27 heavy (non-hydrogen) atoms. The molecule has 1 amide bonds. The number of nitrogens with one attached hydrogen (secondary N) is 1. The van der Waals surface area contributed by atoms with Crippen LogP contribution in [0.1, 0.15) is 41.3 Å². The van der Waals surface area contributed by atoms with E-state index in [9.17, 15) is 13.2 Å². The first-order valence-electron chi connectivity index (χ1n) is 9.26. The van der Waals surface area contributed by atoms with Crippen LogP contribution in [0, 0.1) is 19.8 Å². The van der Waals surface area contributed by atoms with Crippen LogP contribution in [0.15, 0.2) is 47.4 Å². The molecular weight excluding hydrogens is 360 g/mol. The lowest BCUT2D eigenvalue weighted by molar-refractivity contribution is 0.0683. The van der Waals surface area contributed by atoms with Gasteiger partial charge in [0, 0.05) is 24.3 Å². The Morgan fingerprint density at radius 1 is 1.15 bits per heavy atom. The van der Waals surface area contributed by atoms with Crippen molar-refractivity contribution in [3.8, 4) is 0 Å². The van der Waals surface area contributed by atoms with Crippen molar-refractivity contribution in [3.05, 3.63) is 59.2 Å². The molecule has 1 unspecified atom stereocenters. The van der Waals surface area contributed by atoms with Crippen LogP contribution in [0.25, 0.3) is 0 Å². The van der Waals surface area contributed by atoms with Gasteiger partial charge in [0.15, 0.2) is 0 Å². The highest BCUT2D eigenvalue weighted by atomic mass is 32.2. The number of benzene rings is 2. The summed E-state index contributed by atoms with van der Waals surface area (Å²) in [7, 11) is -3.78. The molecule has 6 heteroatoms. The van der Waals surface area contributed by atoms with Crippen molar-refractivity contribution in [2.24, 2.45) is 5.92 Å². The van der Waals surface area contributed by atoms with Crippen LogP contribution in [-0.2, 0) is 10.0 Å². The van der Waals surface area contributed by atoms with Crippen LogP contribution in [0.3, 0.4) is 0 Å². The standard InChI is InChI=1S/C21H26N2O3S/c1-15-6-4-8-19(12-15)22-27(25,26)20-13-18(10-9-17(20)3)21(24)23-11-5-7-16(2)14-23/h4,6,8-10,12-13,16,22H,5,7,11,14H2,1-3H3. The minimum atomic E-state index is -3.78. The third-order valence-electron chi connectivity index (χ3n) is 4.94. The molecule has 0 spiro atoms. The molecule has 0 bridgehead atoms. The van der Waals surface area contributed by atoms with E-state index in [1.54, 1.807) is 37.3 Å². The molecule has 2 aromatic rings. The summed E-state index contributed by atoms with van der Waals surface area (Å²) >= 11 is 0. The van der Waals surface area contributed by atoms with Crippen LogP contribution in [0.4, 0.5) is 5.69 Å². The summed E-state index contributed by atoms with van der Waals surface area (Å²) in [5.74, 6) is 0.368. The number of carbonyl (C=O) groups excluding carboxylic acids is 1. The Hall–Kier alpha value is -2.34. The summed E-state index contributed by atoms with van der Waals surface area (Å²) in [6.07, 6.45) is 2.11. The molecule has 144 valence electrons. The van der Waals surface area contributed by atoms with Gasteiger partial charge in [0.05, 0.1) is 4.90 Å². The monoisotopic (exact) mass is 386 g/mol. The summed E-state index contributed by atoms with van der Waals surface area (Å²) < 4.78 is 28.4. The largest absolute Gasteiger partial charge is 0.338 e. The number of piperidine rings is 1. The Kier molecular flexibility index (Phi) is 5.56. The molecule has 1 atom stereocenters. The summed E-state index contributed by atoms with van der Waals surface area (Å²) in [4.78, 5) is 14.8. The van der Waals surface area contributed by atoms with Gasteiger partial charge in [-0.1, -0.05) is 25.1 Å². The van der Waals surface area contributed by atoms with E-state index >= 15 is 0 Å². The fourth-order valence-corrected chi connectivity index (χ4v) is 4.82. The van der Waals surface area contributed by atoms with Gasteiger partial charge < -0.3 is 4.90 Å². The van der Waals surface area contributed by atoms with Gasteiger partial charge in [-0.3, -0.25) is 9.52 Å². The Balaban J connectivity index is 1.89.